The Morgan fingerprint density at radius 2 is 2.24 bits per heavy atom. The van der Waals surface area contributed by atoms with E-state index in [0.29, 0.717) is 42.7 Å². The third-order valence-corrected chi connectivity index (χ3v) is 4.05. The predicted octanol–water partition coefficient (Wildman–Crippen LogP) is 3.52. The van der Waals surface area contributed by atoms with E-state index >= 15 is 0 Å². The normalized spacial score (nSPS) is 19.3. The van der Waals surface area contributed by atoms with Crippen molar-refractivity contribution in [3.8, 4) is 0 Å². The van der Waals surface area contributed by atoms with Crippen LogP contribution in [0.2, 0.25) is 0 Å². The topological polar surface area (TPSA) is 27.1 Å². The van der Waals surface area contributed by atoms with Crippen LogP contribution in [-0.4, -0.2) is 28.6 Å². The number of halogens is 3. The lowest BCUT2D eigenvalue weighted by atomic mass is 10.0. The Morgan fingerprint density at radius 3 is 2.95 bits per heavy atom. The molecule has 0 saturated carbocycles. The van der Waals surface area contributed by atoms with Gasteiger partial charge in [0, 0.05) is 37.4 Å². The molecule has 21 heavy (non-hydrogen) atoms. The second-order valence-corrected chi connectivity index (χ2v) is 5.79. The molecule has 1 aromatic carbocycles. The number of rotatable bonds is 4. The Labute approximate surface area is 126 Å². The number of hydrogen-bond acceptors (Lipinski definition) is 2. The van der Waals surface area contributed by atoms with Gasteiger partial charge in [0.25, 0.3) is 0 Å². The van der Waals surface area contributed by atoms with Gasteiger partial charge in [-0.3, -0.25) is 0 Å². The van der Waals surface area contributed by atoms with Gasteiger partial charge < -0.3 is 9.30 Å². The van der Waals surface area contributed by atoms with Crippen molar-refractivity contribution in [1.82, 2.24) is 9.55 Å². The minimum atomic E-state index is -0.625. The zero-order valence-electron chi connectivity index (χ0n) is 11.6. The van der Waals surface area contributed by atoms with Crippen molar-refractivity contribution in [3.63, 3.8) is 0 Å². The molecule has 0 bridgehead atoms. The molecule has 3 rings (SSSR count). The molecule has 0 spiro atoms. The number of nitrogens with zero attached hydrogens (tertiary/aromatic N) is 2. The van der Waals surface area contributed by atoms with Crippen molar-refractivity contribution < 1.29 is 13.5 Å². The first-order chi connectivity index (χ1) is 10.2. The summed E-state index contributed by atoms with van der Waals surface area (Å²) in [7, 11) is 0. The van der Waals surface area contributed by atoms with Crippen molar-refractivity contribution >= 4 is 22.6 Å². The molecule has 2 aromatic rings. The van der Waals surface area contributed by atoms with Gasteiger partial charge in [-0.2, -0.15) is 0 Å². The van der Waals surface area contributed by atoms with Crippen molar-refractivity contribution in [3.05, 3.63) is 29.6 Å². The Kier molecular flexibility index (Phi) is 4.40. The minimum Gasteiger partial charge on any atom is -0.381 e. The molecule has 2 heterocycles. The predicted molar refractivity (Wildman–Crippen MR) is 77.6 cm³/mol. The number of ether oxygens (including phenoxy) is 1. The van der Waals surface area contributed by atoms with Gasteiger partial charge in [0.15, 0.2) is 5.82 Å². The molecule has 1 aromatic heterocycles. The first-order valence-corrected chi connectivity index (χ1v) is 7.70. The van der Waals surface area contributed by atoms with Gasteiger partial charge in [0.1, 0.15) is 17.2 Å². The number of benzene rings is 1. The summed E-state index contributed by atoms with van der Waals surface area (Å²) in [6.45, 7) is 2.13. The first kappa shape index (κ1) is 14.7. The van der Waals surface area contributed by atoms with E-state index in [1.807, 2.05) is 4.57 Å². The van der Waals surface area contributed by atoms with Crippen LogP contribution in [0.5, 0.6) is 0 Å². The van der Waals surface area contributed by atoms with Gasteiger partial charge in [0.05, 0.1) is 12.1 Å². The van der Waals surface area contributed by atoms with Crippen LogP contribution < -0.4 is 0 Å². The molecule has 1 aliphatic heterocycles. The van der Waals surface area contributed by atoms with Crippen LogP contribution in [0.25, 0.3) is 11.0 Å². The summed E-state index contributed by atoms with van der Waals surface area (Å²) in [5, 5.41) is 0. The second kappa shape index (κ2) is 6.28. The van der Waals surface area contributed by atoms with Gasteiger partial charge in [-0.1, -0.05) is 0 Å². The van der Waals surface area contributed by atoms with E-state index < -0.39 is 11.6 Å². The Bertz CT molecular complexity index is 638. The third-order valence-electron chi connectivity index (χ3n) is 3.86. The molecule has 0 amide bonds. The van der Waals surface area contributed by atoms with Crippen LogP contribution in [0.15, 0.2) is 12.1 Å². The van der Waals surface area contributed by atoms with E-state index in [-0.39, 0.29) is 5.52 Å². The number of fused-ring (bicyclic) bond motifs is 1. The van der Waals surface area contributed by atoms with Crippen LogP contribution in [0.4, 0.5) is 8.78 Å². The standard InChI is InChI=1S/C15H17ClF2N2O/c16-4-3-14-19-15-12(18)6-11(17)7-13(15)20(14)8-10-2-1-5-21-9-10/h6-7,10H,1-5,8-9H2. The lowest BCUT2D eigenvalue weighted by Gasteiger charge is -2.23. The molecule has 1 aliphatic rings. The van der Waals surface area contributed by atoms with Crippen molar-refractivity contribution in [1.29, 1.82) is 0 Å². The average Bonchev–Trinajstić information content (AvgIpc) is 2.79. The molecular weight excluding hydrogens is 298 g/mol. The average molecular weight is 315 g/mol. The van der Waals surface area contributed by atoms with Crippen LogP contribution in [0, 0.1) is 17.6 Å². The number of aryl methyl sites for hydroxylation is 1. The largest absolute Gasteiger partial charge is 0.381 e. The summed E-state index contributed by atoms with van der Waals surface area (Å²) < 4.78 is 34.8. The highest BCUT2D eigenvalue weighted by Gasteiger charge is 2.20. The molecule has 1 fully saturated rings. The number of aromatic nitrogens is 2. The highest BCUT2D eigenvalue weighted by Crippen LogP contribution is 2.25. The highest BCUT2D eigenvalue weighted by molar-refractivity contribution is 6.17. The zero-order valence-corrected chi connectivity index (χ0v) is 12.4. The van der Waals surface area contributed by atoms with Crippen LogP contribution in [0.1, 0.15) is 18.7 Å². The maximum Gasteiger partial charge on any atom is 0.153 e. The van der Waals surface area contributed by atoms with Gasteiger partial charge in [-0.15, -0.1) is 11.6 Å². The number of hydrogen-bond donors (Lipinski definition) is 0. The number of alkyl halides is 1. The Morgan fingerprint density at radius 1 is 1.38 bits per heavy atom. The van der Waals surface area contributed by atoms with Gasteiger partial charge in [0.2, 0.25) is 0 Å². The molecule has 3 nitrogen and oxygen atoms in total. The van der Waals surface area contributed by atoms with Crippen molar-refractivity contribution in [2.75, 3.05) is 19.1 Å². The molecule has 0 N–H and O–H groups in total. The van der Waals surface area contributed by atoms with E-state index in [1.165, 1.54) is 6.07 Å². The van der Waals surface area contributed by atoms with E-state index in [1.54, 1.807) is 0 Å². The summed E-state index contributed by atoms with van der Waals surface area (Å²) >= 11 is 5.80. The summed E-state index contributed by atoms with van der Waals surface area (Å²) in [5.74, 6) is 0.235. The molecular formula is C15H17ClF2N2O. The SMILES string of the molecule is Fc1cc(F)c2nc(CCCl)n(CC3CCCOC3)c2c1. The van der Waals surface area contributed by atoms with Gasteiger partial charge in [-0.05, 0) is 18.9 Å². The molecule has 6 heteroatoms. The van der Waals surface area contributed by atoms with Crippen molar-refractivity contribution in [2.24, 2.45) is 5.92 Å². The fourth-order valence-corrected chi connectivity index (χ4v) is 3.06. The summed E-state index contributed by atoms with van der Waals surface area (Å²) in [6.07, 6.45) is 2.60. The lowest BCUT2D eigenvalue weighted by Crippen LogP contribution is -2.23. The zero-order chi connectivity index (χ0) is 14.8. The molecule has 1 unspecified atom stereocenters. The maximum absolute atomic E-state index is 13.9. The smallest absolute Gasteiger partial charge is 0.153 e. The van der Waals surface area contributed by atoms with Gasteiger partial charge >= 0.3 is 0 Å². The monoisotopic (exact) mass is 314 g/mol. The second-order valence-electron chi connectivity index (χ2n) is 5.42. The van der Waals surface area contributed by atoms with E-state index in [0.717, 1.165) is 25.5 Å². The number of imidazole rings is 1. The summed E-state index contributed by atoms with van der Waals surface area (Å²) in [4.78, 5) is 4.30. The Balaban J connectivity index is 2.02. The highest BCUT2D eigenvalue weighted by atomic mass is 35.5. The fraction of sp³-hybridized carbons (Fsp3) is 0.533. The van der Waals surface area contributed by atoms with E-state index in [9.17, 15) is 8.78 Å². The third kappa shape index (κ3) is 3.04. The minimum absolute atomic E-state index is 0.216. The molecule has 0 aliphatic carbocycles. The van der Waals surface area contributed by atoms with Crippen molar-refractivity contribution in [2.45, 2.75) is 25.8 Å². The van der Waals surface area contributed by atoms with E-state index in [2.05, 4.69) is 4.98 Å². The van der Waals surface area contributed by atoms with Crippen LogP contribution in [-0.2, 0) is 17.7 Å². The molecule has 1 atom stereocenters. The van der Waals surface area contributed by atoms with Gasteiger partial charge in [-0.25, -0.2) is 13.8 Å². The fourth-order valence-electron chi connectivity index (χ4n) is 2.89. The quantitative estimate of drug-likeness (QED) is 0.807. The summed E-state index contributed by atoms with van der Waals surface area (Å²) in [6, 6.07) is 2.21. The van der Waals surface area contributed by atoms with Crippen LogP contribution >= 0.6 is 11.6 Å². The lowest BCUT2D eigenvalue weighted by molar-refractivity contribution is 0.0485. The van der Waals surface area contributed by atoms with Crippen LogP contribution in [0.3, 0.4) is 0 Å². The molecule has 1 saturated heterocycles. The molecule has 0 radical (unpaired) electrons. The maximum atomic E-state index is 13.9. The first-order valence-electron chi connectivity index (χ1n) is 7.17. The Hall–Kier alpha value is -1.20. The summed E-state index contributed by atoms with van der Waals surface area (Å²) in [5.41, 5.74) is 0.714. The molecule has 114 valence electrons. The van der Waals surface area contributed by atoms with E-state index in [4.69, 9.17) is 16.3 Å².